The quantitative estimate of drug-likeness (QED) is 0.586. The number of hydrogen-bond donors (Lipinski definition) is 0. The molecule has 2 atom stereocenters. The Bertz CT molecular complexity index is 189. The van der Waals surface area contributed by atoms with Gasteiger partial charge in [-0.2, -0.15) is 0 Å². The molecule has 0 aliphatic heterocycles. The molecule has 0 radical (unpaired) electrons. The van der Waals surface area contributed by atoms with Crippen LogP contribution in [0.2, 0.25) is 0 Å². The van der Waals surface area contributed by atoms with Crippen LogP contribution in [0.3, 0.4) is 0 Å². The highest BCUT2D eigenvalue weighted by Gasteiger charge is 2.69. The summed E-state index contributed by atoms with van der Waals surface area (Å²) < 4.78 is 34.0. The van der Waals surface area contributed by atoms with Crippen LogP contribution in [-0.2, 0) is 0 Å². The van der Waals surface area contributed by atoms with Crippen LogP contribution in [0.1, 0.15) is 29.1 Å². The zero-order valence-electron chi connectivity index (χ0n) is 8.49. The van der Waals surface area contributed by atoms with E-state index >= 15 is 0 Å². The number of hydrogen-bond acceptors (Lipinski definition) is 0. The summed E-state index contributed by atoms with van der Waals surface area (Å²) in [5.74, 6) is -5.37. The van der Waals surface area contributed by atoms with E-state index in [0.29, 0.717) is 0 Å². The maximum Gasteiger partial charge on any atom is 0.255 e. The molecule has 1 aliphatic carbocycles. The van der Waals surface area contributed by atoms with E-state index in [4.69, 9.17) is 1.37 Å². The normalized spacial score (nSPS) is 42.9. The third-order valence-electron chi connectivity index (χ3n) is 2.32. The molecule has 1 aliphatic rings. The Labute approximate surface area is 68.4 Å². The molecular formula is C9H16F2. The molecule has 11 heavy (non-hydrogen) atoms. The van der Waals surface area contributed by atoms with Crippen molar-refractivity contribution in [3.63, 3.8) is 0 Å². The molecule has 0 aromatic carbocycles. The monoisotopic (exact) mass is 163 g/mol. The van der Waals surface area contributed by atoms with Crippen LogP contribution in [0.15, 0.2) is 0 Å². The van der Waals surface area contributed by atoms with E-state index < -0.39 is 17.7 Å². The summed E-state index contributed by atoms with van der Waals surface area (Å²) in [7, 11) is 0. The van der Waals surface area contributed by atoms with Gasteiger partial charge in [0.25, 0.3) is 5.92 Å². The molecule has 0 nitrogen and oxygen atoms in total. The Balaban J connectivity index is 2.84. The third kappa shape index (κ3) is 1.27. The minimum atomic E-state index is -2.77. The maximum atomic E-state index is 13.2. The second kappa shape index (κ2) is 2.43. The van der Waals surface area contributed by atoms with Gasteiger partial charge in [-0.05, 0) is 11.8 Å². The first-order valence-corrected chi connectivity index (χ1v) is 4.14. The van der Waals surface area contributed by atoms with Gasteiger partial charge < -0.3 is 0 Å². The highest BCUT2D eigenvalue weighted by atomic mass is 19.3. The minimum Gasteiger partial charge on any atom is -0.206 e. The highest BCUT2D eigenvalue weighted by Crippen LogP contribution is 2.61. The van der Waals surface area contributed by atoms with E-state index in [1.165, 1.54) is 0 Å². The second-order valence-corrected chi connectivity index (χ2v) is 3.95. The first-order valence-electron chi connectivity index (χ1n) is 4.64. The Morgan fingerprint density at radius 3 is 1.73 bits per heavy atom. The van der Waals surface area contributed by atoms with Crippen molar-refractivity contribution in [2.75, 3.05) is 0 Å². The topological polar surface area (TPSA) is 0 Å². The molecule has 1 saturated carbocycles. The molecule has 2 unspecified atom stereocenters. The fraction of sp³-hybridized carbons (Fsp3) is 1.00. The molecule has 0 aromatic heterocycles. The SMILES string of the molecule is [2H]C1(C(C)C)C(C(C)C)C1(F)F. The van der Waals surface area contributed by atoms with Crippen molar-refractivity contribution in [2.45, 2.75) is 33.6 Å². The molecule has 66 valence electrons. The van der Waals surface area contributed by atoms with E-state index in [0.717, 1.165) is 0 Å². The number of rotatable bonds is 2. The summed E-state index contributed by atoms with van der Waals surface area (Å²) in [6.45, 7) is 6.92. The smallest absolute Gasteiger partial charge is 0.206 e. The summed E-state index contributed by atoms with van der Waals surface area (Å²) in [5, 5.41) is 0. The van der Waals surface area contributed by atoms with Gasteiger partial charge in [-0.15, -0.1) is 0 Å². The molecule has 0 spiro atoms. The predicted octanol–water partition coefficient (Wildman–Crippen LogP) is 3.18. The summed E-state index contributed by atoms with van der Waals surface area (Å²) in [6, 6.07) is 0. The van der Waals surface area contributed by atoms with Crippen LogP contribution >= 0.6 is 0 Å². The summed E-state index contributed by atoms with van der Waals surface area (Å²) >= 11 is 0. The Morgan fingerprint density at radius 2 is 1.64 bits per heavy atom. The Kier molecular flexibility index (Phi) is 1.66. The van der Waals surface area contributed by atoms with Gasteiger partial charge in [-0.3, -0.25) is 0 Å². The summed E-state index contributed by atoms with van der Waals surface area (Å²) in [5.41, 5.74) is 0. The molecule has 0 N–H and O–H groups in total. The molecule has 0 heterocycles. The third-order valence-corrected chi connectivity index (χ3v) is 2.32. The highest BCUT2D eigenvalue weighted by molar-refractivity contribution is 5.07. The van der Waals surface area contributed by atoms with E-state index in [-0.39, 0.29) is 11.8 Å². The van der Waals surface area contributed by atoms with Gasteiger partial charge in [0.1, 0.15) is 0 Å². The van der Waals surface area contributed by atoms with Crippen LogP contribution < -0.4 is 0 Å². The molecule has 1 rings (SSSR count). The molecule has 0 aromatic rings. The molecule has 0 amide bonds. The summed E-state index contributed by atoms with van der Waals surface area (Å²) in [4.78, 5) is 0. The Morgan fingerprint density at radius 1 is 1.18 bits per heavy atom. The average molecular weight is 163 g/mol. The molecular weight excluding hydrogens is 146 g/mol. The van der Waals surface area contributed by atoms with Crippen molar-refractivity contribution in [3.8, 4) is 0 Å². The molecule has 1 fully saturated rings. The molecule has 2 heteroatoms. The van der Waals surface area contributed by atoms with Gasteiger partial charge in [0, 0.05) is 13.2 Å². The fourth-order valence-electron chi connectivity index (χ4n) is 1.84. The van der Waals surface area contributed by atoms with Crippen molar-refractivity contribution in [3.05, 3.63) is 0 Å². The summed E-state index contributed by atoms with van der Waals surface area (Å²) in [6.07, 6.45) is 0. The van der Waals surface area contributed by atoms with E-state index in [1.807, 2.05) is 0 Å². The zero-order valence-corrected chi connectivity index (χ0v) is 7.49. The van der Waals surface area contributed by atoms with Crippen molar-refractivity contribution < 1.29 is 10.2 Å². The van der Waals surface area contributed by atoms with Gasteiger partial charge >= 0.3 is 0 Å². The second-order valence-electron chi connectivity index (χ2n) is 3.95. The predicted molar refractivity (Wildman–Crippen MR) is 41.6 cm³/mol. The zero-order chi connectivity index (χ0) is 9.73. The van der Waals surface area contributed by atoms with E-state index in [1.54, 1.807) is 27.7 Å². The van der Waals surface area contributed by atoms with Crippen molar-refractivity contribution in [2.24, 2.45) is 23.6 Å². The lowest BCUT2D eigenvalue weighted by atomic mass is 10.0. The standard InChI is InChI=1S/C9H16F2/c1-5(2)7-8(6(3)4)9(7,10)11/h5-8H,1-4H3/i7D. The lowest BCUT2D eigenvalue weighted by molar-refractivity contribution is 0.0706. The lowest BCUT2D eigenvalue weighted by Crippen LogP contribution is -2.00. The first-order chi connectivity index (χ1) is 5.26. The van der Waals surface area contributed by atoms with Crippen LogP contribution in [-0.4, -0.2) is 5.92 Å². The average Bonchev–Trinajstić information content (AvgIpc) is 2.28. The van der Waals surface area contributed by atoms with Crippen LogP contribution in [0.25, 0.3) is 0 Å². The number of alkyl halides is 2. The van der Waals surface area contributed by atoms with Gasteiger partial charge in [0.15, 0.2) is 0 Å². The minimum absolute atomic E-state index is 0.0973. The van der Waals surface area contributed by atoms with Gasteiger partial charge in [0.2, 0.25) is 0 Å². The largest absolute Gasteiger partial charge is 0.255 e. The van der Waals surface area contributed by atoms with Crippen LogP contribution in [0.4, 0.5) is 8.78 Å². The van der Waals surface area contributed by atoms with E-state index in [9.17, 15) is 8.78 Å². The van der Waals surface area contributed by atoms with Crippen molar-refractivity contribution in [1.82, 2.24) is 0 Å². The molecule has 0 saturated heterocycles. The van der Waals surface area contributed by atoms with E-state index in [2.05, 4.69) is 0 Å². The van der Waals surface area contributed by atoms with Gasteiger partial charge in [0.05, 0.1) is 0 Å². The van der Waals surface area contributed by atoms with Crippen molar-refractivity contribution in [1.29, 1.82) is 0 Å². The lowest BCUT2D eigenvalue weighted by Gasteiger charge is -2.01. The maximum absolute atomic E-state index is 13.2. The van der Waals surface area contributed by atoms with Crippen LogP contribution in [0.5, 0.6) is 0 Å². The Hall–Kier alpha value is -0.140. The van der Waals surface area contributed by atoms with Gasteiger partial charge in [-0.1, -0.05) is 27.7 Å². The van der Waals surface area contributed by atoms with Crippen molar-refractivity contribution >= 4 is 0 Å². The van der Waals surface area contributed by atoms with Gasteiger partial charge in [-0.25, -0.2) is 8.78 Å². The molecule has 0 bridgehead atoms. The number of halogens is 2. The fourth-order valence-corrected chi connectivity index (χ4v) is 1.84. The first kappa shape index (κ1) is 7.51. The van der Waals surface area contributed by atoms with Crippen LogP contribution in [0, 0.1) is 23.6 Å².